The third-order valence-corrected chi connectivity index (χ3v) is 4.03. The normalized spacial score (nSPS) is 15.8. The van der Waals surface area contributed by atoms with Gasteiger partial charge >= 0.3 is 5.97 Å². The molecule has 1 heterocycles. The molecular weight excluding hydrogens is 292 g/mol. The van der Waals surface area contributed by atoms with Crippen molar-refractivity contribution in [1.82, 2.24) is 4.90 Å². The molecule has 22 heavy (non-hydrogen) atoms. The Morgan fingerprint density at radius 1 is 1.18 bits per heavy atom. The number of rotatable bonds is 5. The van der Waals surface area contributed by atoms with E-state index in [0.29, 0.717) is 37.9 Å². The van der Waals surface area contributed by atoms with Gasteiger partial charge in [-0.25, -0.2) is 8.78 Å². The fourth-order valence-electron chi connectivity index (χ4n) is 2.82. The molecule has 0 saturated carbocycles. The number of nitrogens with zero attached hydrogens (tertiary/aromatic N) is 1. The summed E-state index contributed by atoms with van der Waals surface area (Å²) in [5, 5.41) is 8.56. The molecule has 120 valence electrons. The van der Waals surface area contributed by atoms with E-state index in [9.17, 15) is 18.4 Å². The number of likely N-dealkylation sites (tertiary alicyclic amines) is 1. The summed E-state index contributed by atoms with van der Waals surface area (Å²) >= 11 is 0. The zero-order valence-electron chi connectivity index (χ0n) is 12.2. The van der Waals surface area contributed by atoms with Crippen LogP contribution in [0.2, 0.25) is 0 Å². The van der Waals surface area contributed by atoms with Gasteiger partial charge in [0, 0.05) is 32.0 Å². The fourth-order valence-corrected chi connectivity index (χ4v) is 2.82. The van der Waals surface area contributed by atoms with Crippen LogP contribution in [0.5, 0.6) is 0 Å². The SMILES string of the molecule is O=C(O)CCCC(=O)N1CCC(c2ccc(F)cc2F)CC1. The summed E-state index contributed by atoms with van der Waals surface area (Å²) in [7, 11) is 0. The highest BCUT2D eigenvalue weighted by molar-refractivity contribution is 5.77. The summed E-state index contributed by atoms with van der Waals surface area (Å²) < 4.78 is 26.7. The first-order valence-electron chi connectivity index (χ1n) is 7.42. The number of carboxylic acid groups (broad SMARTS) is 1. The van der Waals surface area contributed by atoms with Crippen molar-refractivity contribution < 1.29 is 23.5 Å². The van der Waals surface area contributed by atoms with Crippen molar-refractivity contribution in [2.75, 3.05) is 13.1 Å². The lowest BCUT2D eigenvalue weighted by atomic mass is 9.89. The van der Waals surface area contributed by atoms with Crippen molar-refractivity contribution in [2.45, 2.75) is 38.0 Å². The number of carbonyl (C=O) groups excluding carboxylic acids is 1. The van der Waals surface area contributed by atoms with Gasteiger partial charge in [-0.1, -0.05) is 6.07 Å². The maximum Gasteiger partial charge on any atom is 0.303 e. The van der Waals surface area contributed by atoms with Crippen LogP contribution in [-0.4, -0.2) is 35.0 Å². The van der Waals surface area contributed by atoms with Gasteiger partial charge in [0.15, 0.2) is 0 Å². The molecular formula is C16H19F2NO3. The second kappa shape index (κ2) is 7.33. The largest absolute Gasteiger partial charge is 0.481 e. The van der Waals surface area contributed by atoms with Gasteiger partial charge in [0.2, 0.25) is 5.91 Å². The van der Waals surface area contributed by atoms with E-state index in [1.165, 1.54) is 12.1 Å². The molecule has 0 bridgehead atoms. The Hall–Kier alpha value is -1.98. The van der Waals surface area contributed by atoms with Crippen molar-refractivity contribution >= 4 is 11.9 Å². The van der Waals surface area contributed by atoms with Crippen LogP contribution in [0.1, 0.15) is 43.6 Å². The van der Waals surface area contributed by atoms with E-state index in [1.807, 2.05) is 0 Å². The molecule has 0 aliphatic carbocycles. The van der Waals surface area contributed by atoms with Crippen LogP contribution in [0.25, 0.3) is 0 Å². The summed E-state index contributed by atoms with van der Waals surface area (Å²) in [6.07, 6.45) is 1.81. The highest BCUT2D eigenvalue weighted by atomic mass is 19.1. The molecule has 0 radical (unpaired) electrons. The van der Waals surface area contributed by atoms with Crippen LogP contribution in [-0.2, 0) is 9.59 Å². The van der Waals surface area contributed by atoms with Crippen molar-refractivity contribution in [3.8, 4) is 0 Å². The predicted molar refractivity (Wildman–Crippen MR) is 76.4 cm³/mol. The number of piperidine rings is 1. The van der Waals surface area contributed by atoms with E-state index in [1.54, 1.807) is 4.90 Å². The fraction of sp³-hybridized carbons (Fsp3) is 0.500. The van der Waals surface area contributed by atoms with Crippen molar-refractivity contribution in [1.29, 1.82) is 0 Å². The smallest absolute Gasteiger partial charge is 0.303 e. The molecule has 0 unspecified atom stereocenters. The molecule has 6 heteroatoms. The average molecular weight is 311 g/mol. The molecule has 1 aliphatic heterocycles. The first-order valence-corrected chi connectivity index (χ1v) is 7.42. The standard InChI is InChI=1S/C16H19F2NO3/c17-12-4-5-13(14(18)10-12)11-6-8-19(9-7-11)15(20)2-1-3-16(21)22/h4-5,10-11H,1-3,6-9H2,(H,21,22). The Balaban J connectivity index is 1.84. The van der Waals surface area contributed by atoms with Gasteiger partial charge in [0.25, 0.3) is 0 Å². The maximum absolute atomic E-state index is 13.8. The van der Waals surface area contributed by atoms with Crippen LogP contribution < -0.4 is 0 Å². The highest BCUT2D eigenvalue weighted by Gasteiger charge is 2.25. The van der Waals surface area contributed by atoms with E-state index in [2.05, 4.69) is 0 Å². The van der Waals surface area contributed by atoms with Gasteiger partial charge in [0.05, 0.1) is 0 Å². The Morgan fingerprint density at radius 2 is 1.86 bits per heavy atom. The molecule has 1 saturated heterocycles. The second-order valence-corrected chi connectivity index (χ2v) is 5.57. The van der Waals surface area contributed by atoms with E-state index in [0.717, 1.165) is 6.07 Å². The first-order chi connectivity index (χ1) is 10.5. The van der Waals surface area contributed by atoms with E-state index in [-0.39, 0.29) is 24.7 Å². The lowest BCUT2D eigenvalue weighted by Crippen LogP contribution is -2.38. The number of aliphatic carboxylic acids is 1. The minimum atomic E-state index is -0.904. The monoisotopic (exact) mass is 311 g/mol. The summed E-state index contributed by atoms with van der Waals surface area (Å²) in [5.41, 5.74) is 0.499. The zero-order chi connectivity index (χ0) is 16.1. The molecule has 0 aromatic heterocycles. The Kier molecular flexibility index (Phi) is 5.46. The van der Waals surface area contributed by atoms with Crippen LogP contribution in [0.3, 0.4) is 0 Å². The lowest BCUT2D eigenvalue weighted by molar-refractivity contribution is -0.137. The molecule has 0 spiro atoms. The quantitative estimate of drug-likeness (QED) is 0.909. The molecule has 1 fully saturated rings. The predicted octanol–water partition coefficient (Wildman–Crippen LogP) is 2.93. The molecule has 1 aliphatic rings. The molecule has 1 N–H and O–H groups in total. The molecule has 2 rings (SSSR count). The summed E-state index contributed by atoms with van der Waals surface area (Å²) in [6, 6.07) is 3.61. The maximum atomic E-state index is 13.8. The van der Waals surface area contributed by atoms with Gasteiger partial charge in [-0.2, -0.15) is 0 Å². The van der Waals surface area contributed by atoms with Gasteiger partial charge < -0.3 is 10.0 Å². The molecule has 1 amide bonds. The Morgan fingerprint density at radius 3 is 2.45 bits per heavy atom. The summed E-state index contributed by atoms with van der Waals surface area (Å²) in [5.74, 6) is -2.10. The van der Waals surface area contributed by atoms with Crippen molar-refractivity contribution in [3.05, 3.63) is 35.4 Å². The minimum Gasteiger partial charge on any atom is -0.481 e. The number of hydrogen-bond acceptors (Lipinski definition) is 2. The molecule has 1 aromatic carbocycles. The van der Waals surface area contributed by atoms with Crippen LogP contribution >= 0.6 is 0 Å². The number of carbonyl (C=O) groups is 2. The summed E-state index contributed by atoms with van der Waals surface area (Å²) in [6.45, 7) is 1.04. The van der Waals surface area contributed by atoms with Gasteiger partial charge in [-0.15, -0.1) is 0 Å². The lowest BCUT2D eigenvalue weighted by Gasteiger charge is -2.32. The Labute approximate surface area is 127 Å². The topological polar surface area (TPSA) is 57.6 Å². The van der Waals surface area contributed by atoms with E-state index in [4.69, 9.17) is 5.11 Å². The third kappa shape index (κ3) is 4.26. The molecule has 0 atom stereocenters. The van der Waals surface area contributed by atoms with Crippen molar-refractivity contribution in [3.63, 3.8) is 0 Å². The van der Waals surface area contributed by atoms with Gasteiger partial charge in [-0.05, 0) is 36.8 Å². The minimum absolute atomic E-state index is 0.0105. The third-order valence-electron chi connectivity index (χ3n) is 4.03. The van der Waals surface area contributed by atoms with Crippen LogP contribution in [0.15, 0.2) is 18.2 Å². The number of halogens is 2. The van der Waals surface area contributed by atoms with Gasteiger partial charge in [-0.3, -0.25) is 9.59 Å². The summed E-state index contributed by atoms with van der Waals surface area (Å²) in [4.78, 5) is 24.1. The van der Waals surface area contributed by atoms with Crippen molar-refractivity contribution in [2.24, 2.45) is 0 Å². The number of hydrogen-bond donors (Lipinski definition) is 1. The van der Waals surface area contributed by atoms with Crippen LogP contribution in [0, 0.1) is 11.6 Å². The second-order valence-electron chi connectivity index (χ2n) is 5.57. The zero-order valence-corrected chi connectivity index (χ0v) is 12.2. The van der Waals surface area contributed by atoms with Gasteiger partial charge in [0.1, 0.15) is 11.6 Å². The number of amides is 1. The van der Waals surface area contributed by atoms with E-state index < -0.39 is 17.6 Å². The first kappa shape index (κ1) is 16.4. The Bertz CT molecular complexity index is 554. The molecule has 1 aromatic rings. The number of benzene rings is 1. The molecule has 4 nitrogen and oxygen atoms in total. The van der Waals surface area contributed by atoms with E-state index >= 15 is 0 Å². The van der Waals surface area contributed by atoms with Crippen LogP contribution in [0.4, 0.5) is 8.78 Å². The average Bonchev–Trinajstić information content (AvgIpc) is 2.47. The highest BCUT2D eigenvalue weighted by Crippen LogP contribution is 2.30. The number of carboxylic acids is 1.